The van der Waals surface area contributed by atoms with Crippen LogP contribution in [0.2, 0.25) is 0 Å². The zero-order valence-electron chi connectivity index (χ0n) is 15.9. The van der Waals surface area contributed by atoms with Crippen molar-refractivity contribution in [2.45, 2.75) is 18.9 Å². The summed E-state index contributed by atoms with van der Waals surface area (Å²) in [6.07, 6.45) is 8.59. The van der Waals surface area contributed by atoms with Crippen molar-refractivity contribution in [3.05, 3.63) is 60.0 Å². The summed E-state index contributed by atoms with van der Waals surface area (Å²) in [7, 11) is 2.53. The fourth-order valence-corrected chi connectivity index (χ4v) is 3.09. The Labute approximate surface area is 163 Å². The van der Waals surface area contributed by atoms with E-state index in [2.05, 4.69) is 0 Å². The molecule has 0 aromatic heterocycles. The van der Waals surface area contributed by atoms with E-state index in [-0.39, 0.29) is 17.4 Å². The number of methoxy groups -OCH3 is 2. The predicted molar refractivity (Wildman–Crippen MR) is 103 cm³/mol. The van der Waals surface area contributed by atoms with E-state index in [1.165, 1.54) is 20.3 Å². The predicted octanol–water partition coefficient (Wildman–Crippen LogP) is 2.73. The zero-order chi connectivity index (χ0) is 19.9. The van der Waals surface area contributed by atoms with E-state index in [0.717, 1.165) is 19.4 Å². The van der Waals surface area contributed by atoms with Gasteiger partial charge in [0.1, 0.15) is 18.1 Å². The Hall–Kier alpha value is -3.06. The van der Waals surface area contributed by atoms with Crippen LogP contribution >= 0.6 is 0 Å². The molecule has 7 nitrogen and oxygen atoms in total. The maximum absolute atomic E-state index is 12.6. The van der Waals surface area contributed by atoms with Crippen molar-refractivity contribution >= 4 is 17.6 Å². The van der Waals surface area contributed by atoms with Gasteiger partial charge in [-0.1, -0.05) is 18.2 Å². The van der Waals surface area contributed by atoms with Crippen LogP contribution in [0.1, 0.15) is 12.8 Å². The number of benzene rings is 1. The molecule has 3 rings (SSSR count). The lowest BCUT2D eigenvalue weighted by molar-refractivity contribution is -0.139. The Morgan fingerprint density at radius 2 is 1.93 bits per heavy atom. The van der Waals surface area contributed by atoms with Crippen molar-refractivity contribution in [2.24, 2.45) is 0 Å². The van der Waals surface area contributed by atoms with Gasteiger partial charge in [0.25, 0.3) is 0 Å². The molecular formula is C21H23NO6. The summed E-state index contributed by atoms with van der Waals surface area (Å²) in [6.45, 7) is 1.15. The van der Waals surface area contributed by atoms with Gasteiger partial charge in [-0.25, -0.2) is 9.59 Å². The zero-order valence-corrected chi connectivity index (χ0v) is 15.9. The fraction of sp³-hybridized carbons (Fsp3) is 0.333. The van der Waals surface area contributed by atoms with Crippen molar-refractivity contribution in [1.82, 2.24) is 0 Å². The van der Waals surface area contributed by atoms with Crippen LogP contribution in [-0.4, -0.2) is 45.5 Å². The van der Waals surface area contributed by atoms with Gasteiger partial charge in [-0.2, -0.15) is 0 Å². The third-order valence-corrected chi connectivity index (χ3v) is 4.46. The standard InChI is InChI=1S/C21H23NO6/c1-25-20(23)16-9-5-6-12-22(19(16)21(24)26-2)17-10-3-4-11-18(17)28-14-15-8-7-13-27-15/h3-6,9-12,15H,7-8,13-14H2,1-2H3. The quantitative estimate of drug-likeness (QED) is 0.697. The van der Waals surface area contributed by atoms with Crippen LogP contribution in [0.15, 0.2) is 60.0 Å². The number of carbonyl (C=O) groups is 2. The van der Waals surface area contributed by atoms with Gasteiger partial charge >= 0.3 is 11.9 Å². The minimum Gasteiger partial charge on any atom is -0.489 e. The van der Waals surface area contributed by atoms with E-state index < -0.39 is 11.9 Å². The summed E-state index contributed by atoms with van der Waals surface area (Å²) in [5.74, 6) is -0.733. The van der Waals surface area contributed by atoms with Gasteiger partial charge in [-0.3, -0.25) is 0 Å². The lowest BCUT2D eigenvalue weighted by Gasteiger charge is -2.25. The second-order valence-electron chi connectivity index (χ2n) is 6.23. The van der Waals surface area contributed by atoms with E-state index in [4.69, 9.17) is 18.9 Å². The average Bonchev–Trinajstić information content (AvgIpc) is 3.16. The molecule has 1 unspecified atom stereocenters. The molecule has 1 aromatic rings. The van der Waals surface area contributed by atoms with E-state index in [9.17, 15) is 9.59 Å². The monoisotopic (exact) mass is 385 g/mol. The molecule has 1 atom stereocenters. The van der Waals surface area contributed by atoms with Gasteiger partial charge in [0.05, 0.1) is 31.6 Å². The van der Waals surface area contributed by atoms with Gasteiger partial charge in [0.15, 0.2) is 0 Å². The molecule has 28 heavy (non-hydrogen) atoms. The first-order valence-electron chi connectivity index (χ1n) is 9.04. The molecule has 0 amide bonds. The SMILES string of the molecule is COC(=O)C1=C(C(=O)OC)N(c2ccccc2OCC2CCCO2)C=CC=C1. The number of carbonyl (C=O) groups excluding carboxylic acids is 2. The molecular weight excluding hydrogens is 362 g/mol. The van der Waals surface area contributed by atoms with Crippen LogP contribution in [0.5, 0.6) is 5.75 Å². The molecule has 7 heteroatoms. The van der Waals surface area contributed by atoms with Crippen molar-refractivity contribution in [2.75, 3.05) is 32.3 Å². The summed E-state index contributed by atoms with van der Waals surface area (Å²) in [5, 5.41) is 0. The number of hydrogen-bond acceptors (Lipinski definition) is 7. The van der Waals surface area contributed by atoms with E-state index in [1.807, 2.05) is 18.2 Å². The highest BCUT2D eigenvalue weighted by Crippen LogP contribution is 2.34. The second kappa shape index (κ2) is 9.23. The maximum Gasteiger partial charge on any atom is 0.355 e. The summed E-state index contributed by atoms with van der Waals surface area (Å²) < 4.78 is 21.4. The molecule has 2 aliphatic heterocycles. The highest BCUT2D eigenvalue weighted by atomic mass is 16.5. The van der Waals surface area contributed by atoms with Gasteiger partial charge in [-0.15, -0.1) is 0 Å². The smallest absolute Gasteiger partial charge is 0.355 e. The Morgan fingerprint density at radius 3 is 2.64 bits per heavy atom. The fourth-order valence-electron chi connectivity index (χ4n) is 3.09. The minimum atomic E-state index is -0.662. The first kappa shape index (κ1) is 19.7. The number of para-hydroxylation sites is 2. The highest BCUT2D eigenvalue weighted by Gasteiger charge is 2.29. The molecule has 0 aliphatic carbocycles. The highest BCUT2D eigenvalue weighted by molar-refractivity contribution is 6.05. The summed E-state index contributed by atoms with van der Waals surface area (Å²) in [6, 6.07) is 7.28. The Bertz CT molecular complexity index is 820. The number of esters is 2. The number of allylic oxidation sites excluding steroid dienone is 2. The number of anilines is 1. The number of ether oxygens (including phenoxy) is 4. The lowest BCUT2D eigenvalue weighted by Crippen LogP contribution is -2.27. The third kappa shape index (κ3) is 4.26. The van der Waals surface area contributed by atoms with Crippen molar-refractivity contribution in [3.63, 3.8) is 0 Å². The summed E-state index contributed by atoms with van der Waals surface area (Å²) >= 11 is 0. The molecule has 1 fully saturated rings. The first-order chi connectivity index (χ1) is 13.7. The summed E-state index contributed by atoms with van der Waals surface area (Å²) in [5.41, 5.74) is 0.739. The molecule has 0 spiro atoms. The first-order valence-corrected chi connectivity index (χ1v) is 9.04. The molecule has 0 radical (unpaired) electrons. The number of rotatable bonds is 6. The number of hydrogen-bond donors (Lipinski definition) is 0. The van der Waals surface area contributed by atoms with Gasteiger partial charge in [0.2, 0.25) is 0 Å². The maximum atomic E-state index is 12.6. The van der Waals surface area contributed by atoms with Crippen LogP contribution in [0.3, 0.4) is 0 Å². The van der Waals surface area contributed by atoms with Crippen LogP contribution in [0.4, 0.5) is 5.69 Å². The molecule has 2 heterocycles. The molecule has 0 bridgehead atoms. The lowest BCUT2D eigenvalue weighted by atomic mass is 10.1. The van der Waals surface area contributed by atoms with Crippen LogP contribution < -0.4 is 9.64 Å². The van der Waals surface area contributed by atoms with Crippen LogP contribution in [-0.2, 0) is 23.8 Å². The molecule has 0 N–H and O–H groups in total. The third-order valence-electron chi connectivity index (χ3n) is 4.46. The summed E-state index contributed by atoms with van der Waals surface area (Å²) in [4.78, 5) is 26.4. The van der Waals surface area contributed by atoms with E-state index >= 15 is 0 Å². The normalized spacial score (nSPS) is 18.8. The van der Waals surface area contributed by atoms with Crippen molar-refractivity contribution in [3.8, 4) is 5.75 Å². The van der Waals surface area contributed by atoms with Gasteiger partial charge < -0.3 is 23.8 Å². The van der Waals surface area contributed by atoms with Crippen LogP contribution in [0.25, 0.3) is 0 Å². The van der Waals surface area contributed by atoms with Crippen LogP contribution in [0, 0.1) is 0 Å². The Balaban J connectivity index is 2.00. The molecule has 1 saturated heterocycles. The van der Waals surface area contributed by atoms with Crippen molar-refractivity contribution < 1.29 is 28.5 Å². The topological polar surface area (TPSA) is 74.3 Å². The molecule has 148 valence electrons. The van der Waals surface area contributed by atoms with Crippen molar-refractivity contribution in [1.29, 1.82) is 0 Å². The largest absolute Gasteiger partial charge is 0.489 e. The second-order valence-corrected chi connectivity index (χ2v) is 6.23. The molecule has 0 saturated carbocycles. The Kier molecular flexibility index (Phi) is 6.49. The average molecular weight is 385 g/mol. The molecule has 2 aliphatic rings. The number of nitrogens with zero attached hydrogens (tertiary/aromatic N) is 1. The van der Waals surface area contributed by atoms with E-state index in [1.54, 1.807) is 29.3 Å². The molecule has 1 aromatic carbocycles. The Morgan fingerprint density at radius 1 is 1.14 bits per heavy atom. The van der Waals surface area contributed by atoms with E-state index in [0.29, 0.717) is 18.0 Å². The minimum absolute atomic E-state index is 0.0486. The van der Waals surface area contributed by atoms with Gasteiger partial charge in [-0.05, 0) is 37.1 Å². The van der Waals surface area contributed by atoms with Gasteiger partial charge in [0, 0.05) is 12.8 Å².